The zero-order valence-corrected chi connectivity index (χ0v) is 9.39. The predicted molar refractivity (Wildman–Crippen MR) is 62.8 cm³/mol. The van der Waals surface area contributed by atoms with Crippen molar-refractivity contribution in [2.75, 3.05) is 0 Å². The number of hydrogen-bond acceptors (Lipinski definition) is 1. The lowest BCUT2D eigenvalue weighted by Gasteiger charge is -2.33. The van der Waals surface area contributed by atoms with Crippen molar-refractivity contribution in [3.8, 4) is 0 Å². The van der Waals surface area contributed by atoms with Crippen molar-refractivity contribution in [2.45, 2.75) is 44.6 Å². The molecule has 0 radical (unpaired) electrons. The Morgan fingerprint density at radius 2 is 1.80 bits per heavy atom. The highest BCUT2D eigenvalue weighted by molar-refractivity contribution is 5.21. The van der Waals surface area contributed by atoms with Gasteiger partial charge in [0, 0.05) is 0 Å². The summed E-state index contributed by atoms with van der Waals surface area (Å²) in [6, 6.07) is 10.7. The first-order chi connectivity index (χ1) is 7.29. The Morgan fingerprint density at radius 1 is 1.13 bits per heavy atom. The molecule has 1 aromatic carbocycles. The standard InChI is InChI=1S/C14H20O/c1-11(15)13-9-5-6-10-14(13)12-7-3-2-4-8-12/h2-4,7-8,11,13-15H,5-6,9-10H2,1H3. The van der Waals surface area contributed by atoms with Gasteiger partial charge < -0.3 is 5.11 Å². The Labute approximate surface area is 92.1 Å². The third-order valence-electron chi connectivity index (χ3n) is 3.67. The van der Waals surface area contributed by atoms with Crippen LogP contribution in [0.15, 0.2) is 30.3 Å². The lowest BCUT2D eigenvalue weighted by atomic mass is 9.73. The second kappa shape index (κ2) is 4.80. The van der Waals surface area contributed by atoms with E-state index in [1.165, 1.54) is 31.2 Å². The summed E-state index contributed by atoms with van der Waals surface area (Å²) in [4.78, 5) is 0. The van der Waals surface area contributed by atoms with E-state index < -0.39 is 0 Å². The van der Waals surface area contributed by atoms with Gasteiger partial charge in [-0.05, 0) is 37.2 Å². The Morgan fingerprint density at radius 3 is 2.47 bits per heavy atom. The van der Waals surface area contributed by atoms with Gasteiger partial charge in [0.1, 0.15) is 0 Å². The molecule has 1 aliphatic rings. The molecule has 3 atom stereocenters. The van der Waals surface area contributed by atoms with Gasteiger partial charge in [0.2, 0.25) is 0 Å². The maximum Gasteiger partial charge on any atom is 0.0546 e. The Hall–Kier alpha value is -0.820. The molecule has 3 unspecified atom stereocenters. The summed E-state index contributed by atoms with van der Waals surface area (Å²) in [5, 5.41) is 9.81. The van der Waals surface area contributed by atoms with Crippen molar-refractivity contribution in [3.05, 3.63) is 35.9 Å². The second-order valence-electron chi connectivity index (χ2n) is 4.71. The van der Waals surface area contributed by atoms with Gasteiger partial charge in [-0.25, -0.2) is 0 Å². The maximum atomic E-state index is 9.81. The molecule has 15 heavy (non-hydrogen) atoms. The molecule has 0 aromatic heterocycles. The van der Waals surface area contributed by atoms with Crippen LogP contribution in [-0.4, -0.2) is 11.2 Å². The number of benzene rings is 1. The average Bonchev–Trinajstić information content (AvgIpc) is 2.30. The first-order valence-electron chi connectivity index (χ1n) is 6.02. The van der Waals surface area contributed by atoms with Crippen molar-refractivity contribution in [2.24, 2.45) is 5.92 Å². The second-order valence-corrected chi connectivity index (χ2v) is 4.71. The van der Waals surface area contributed by atoms with Gasteiger partial charge in [0.05, 0.1) is 6.10 Å². The molecule has 1 aliphatic carbocycles. The van der Waals surface area contributed by atoms with E-state index in [1.54, 1.807) is 0 Å². The first-order valence-corrected chi connectivity index (χ1v) is 6.02. The van der Waals surface area contributed by atoms with Gasteiger partial charge in [0.25, 0.3) is 0 Å². The number of hydrogen-bond donors (Lipinski definition) is 1. The topological polar surface area (TPSA) is 20.2 Å². The van der Waals surface area contributed by atoms with Crippen LogP contribution in [0.4, 0.5) is 0 Å². The molecule has 1 nitrogen and oxygen atoms in total. The molecule has 0 saturated heterocycles. The fraction of sp³-hybridized carbons (Fsp3) is 0.571. The molecule has 1 fully saturated rings. The summed E-state index contributed by atoms with van der Waals surface area (Å²) in [5.41, 5.74) is 1.41. The van der Waals surface area contributed by atoms with Crippen LogP contribution in [0, 0.1) is 5.92 Å². The van der Waals surface area contributed by atoms with E-state index >= 15 is 0 Å². The molecule has 82 valence electrons. The van der Waals surface area contributed by atoms with Gasteiger partial charge in [-0.3, -0.25) is 0 Å². The third-order valence-corrected chi connectivity index (χ3v) is 3.67. The van der Waals surface area contributed by atoms with E-state index in [4.69, 9.17) is 0 Å². The molecule has 0 heterocycles. The van der Waals surface area contributed by atoms with Crippen LogP contribution in [0.3, 0.4) is 0 Å². The van der Waals surface area contributed by atoms with Crippen molar-refractivity contribution in [1.82, 2.24) is 0 Å². The number of aliphatic hydroxyl groups excluding tert-OH is 1. The predicted octanol–water partition coefficient (Wildman–Crippen LogP) is 3.34. The number of aliphatic hydroxyl groups is 1. The minimum absolute atomic E-state index is 0.171. The fourth-order valence-corrected chi connectivity index (χ4v) is 2.85. The molecule has 2 rings (SSSR count). The molecule has 0 amide bonds. The summed E-state index contributed by atoms with van der Waals surface area (Å²) in [6.07, 6.45) is 4.83. The Bertz CT molecular complexity index is 291. The number of rotatable bonds is 2. The van der Waals surface area contributed by atoms with E-state index in [9.17, 15) is 5.11 Å². The smallest absolute Gasteiger partial charge is 0.0546 e. The highest BCUT2D eigenvalue weighted by Crippen LogP contribution is 2.39. The minimum atomic E-state index is -0.171. The van der Waals surface area contributed by atoms with Crippen LogP contribution in [0.25, 0.3) is 0 Å². The van der Waals surface area contributed by atoms with Crippen LogP contribution in [-0.2, 0) is 0 Å². The van der Waals surface area contributed by atoms with Crippen LogP contribution < -0.4 is 0 Å². The maximum absolute atomic E-state index is 9.81. The molecule has 1 N–H and O–H groups in total. The Kier molecular flexibility index (Phi) is 3.42. The molecule has 1 heteroatoms. The highest BCUT2D eigenvalue weighted by atomic mass is 16.3. The van der Waals surface area contributed by atoms with Gasteiger partial charge in [-0.1, -0.05) is 43.2 Å². The van der Waals surface area contributed by atoms with Crippen LogP contribution in [0.5, 0.6) is 0 Å². The molecule has 1 saturated carbocycles. The summed E-state index contributed by atoms with van der Waals surface area (Å²) < 4.78 is 0. The largest absolute Gasteiger partial charge is 0.393 e. The zero-order chi connectivity index (χ0) is 10.7. The summed E-state index contributed by atoms with van der Waals surface area (Å²) in [5.74, 6) is 1.03. The summed E-state index contributed by atoms with van der Waals surface area (Å²) >= 11 is 0. The molecular weight excluding hydrogens is 184 g/mol. The first kappa shape index (κ1) is 10.7. The summed E-state index contributed by atoms with van der Waals surface area (Å²) in [6.45, 7) is 1.94. The lowest BCUT2D eigenvalue weighted by Crippen LogP contribution is -2.27. The van der Waals surface area contributed by atoms with Gasteiger partial charge >= 0.3 is 0 Å². The lowest BCUT2D eigenvalue weighted by molar-refractivity contribution is 0.0861. The van der Waals surface area contributed by atoms with E-state index in [0.717, 1.165) is 0 Å². The molecule has 0 aliphatic heterocycles. The minimum Gasteiger partial charge on any atom is -0.393 e. The monoisotopic (exact) mass is 204 g/mol. The Balaban J connectivity index is 2.18. The van der Waals surface area contributed by atoms with E-state index in [1.807, 2.05) is 6.92 Å². The molecule has 0 spiro atoms. The average molecular weight is 204 g/mol. The third kappa shape index (κ3) is 2.40. The quantitative estimate of drug-likeness (QED) is 0.783. The van der Waals surface area contributed by atoms with Crippen molar-refractivity contribution < 1.29 is 5.11 Å². The van der Waals surface area contributed by atoms with Crippen LogP contribution >= 0.6 is 0 Å². The molecular formula is C14H20O. The fourth-order valence-electron chi connectivity index (χ4n) is 2.85. The highest BCUT2D eigenvalue weighted by Gasteiger charge is 2.29. The van der Waals surface area contributed by atoms with Crippen molar-refractivity contribution in [1.29, 1.82) is 0 Å². The van der Waals surface area contributed by atoms with Crippen LogP contribution in [0.2, 0.25) is 0 Å². The molecule has 0 bridgehead atoms. The normalized spacial score (nSPS) is 28.7. The SMILES string of the molecule is CC(O)C1CCCCC1c1ccccc1. The molecule has 1 aromatic rings. The zero-order valence-electron chi connectivity index (χ0n) is 9.39. The van der Waals surface area contributed by atoms with Gasteiger partial charge in [-0.15, -0.1) is 0 Å². The van der Waals surface area contributed by atoms with Crippen LogP contribution in [0.1, 0.15) is 44.1 Å². The van der Waals surface area contributed by atoms with Gasteiger partial charge in [-0.2, -0.15) is 0 Å². The van der Waals surface area contributed by atoms with E-state index in [0.29, 0.717) is 11.8 Å². The van der Waals surface area contributed by atoms with Crippen molar-refractivity contribution in [3.63, 3.8) is 0 Å². The summed E-state index contributed by atoms with van der Waals surface area (Å²) in [7, 11) is 0. The van der Waals surface area contributed by atoms with Gasteiger partial charge in [0.15, 0.2) is 0 Å². The van der Waals surface area contributed by atoms with E-state index in [-0.39, 0.29) is 6.10 Å². The van der Waals surface area contributed by atoms with E-state index in [2.05, 4.69) is 30.3 Å². The van der Waals surface area contributed by atoms with Crippen molar-refractivity contribution >= 4 is 0 Å².